The number of benzene rings is 1. The van der Waals surface area contributed by atoms with Gasteiger partial charge < -0.3 is 15.2 Å². The van der Waals surface area contributed by atoms with Crippen molar-refractivity contribution in [2.45, 2.75) is 13.0 Å². The Bertz CT molecular complexity index is 575. The third kappa shape index (κ3) is 3.38. The summed E-state index contributed by atoms with van der Waals surface area (Å²) in [5.74, 6) is 1.48. The van der Waals surface area contributed by atoms with Crippen LogP contribution in [-0.4, -0.2) is 17.2 Å². The molecule has 2 rings (SSSR count). The minimum Gasteiger partial charge on any atom is -0.508 e. The van der Waals surface area contributed by atoms with Crippen LogP contribution >= 0.6 is 15.9 Å². The van der Waals surface area contributed by atoms with E-state index in [0.29, 0.717) is 11.7 Å². The van der Waals surface area contributed by atoms with Crippen LogP contribution in [0, 0.1) is 0 Å². The first-order chi connectivity index (χ1) is 9.10. The average Bonchev–Trinajstić information content (AvgIpc) is 2.38. The molecule has 1 unspecified atom stereocenters. The van der Waals surface area contributed by atoms with E-state index in [1.54, 1.807) is 25.3 Å². The third-order valence-corrected chi connectivity index (χ3v) is 3.20. The Labute approximate surface area is 120 Å². The molecule has 19 heavy (non-hydrogen) atoms. The molecule has 0 saturated heterocycles. The quantitative estimate of drug-likeness (QED) is 0.900. The topological polar surface area (TPSA) is 54.4 Å². The zero-order chi connectivity index (χ0) is 13.8. The van der Waals surface area contributed by atoms with E-state index in [9.17, 15) is 5.11 Å². The van der Waals surface area contributed by atoms with E-state index in [1.165, 1.54) is 0 Å². The molecule has 0 fully saturated rings. The number of aromatic hydroxyl groups is 1. The Morgan fingerprint density at radius 2 is 2.05 bits per heavy atom. The lowest BCUT2D eigenvalue weighted by molar-refractivity contribution is 0.398. The van der Waals surface area contributed by atoms with E-state index in [1.807, 2.05) is 25.1 Å². The van der Waals surface area contributed by atoms with Crippen LogP contribution in [0.1, 0.15) is 18.5 Å². The fraction of sp³-hybridized carbons (Fsp3) is 0.214. The molecule has 0 bridgehead atoms. The van der Waals surface area contributed by atoms with Gasteiger partial charge in [-0.1, -0.05) is 34.1 Å². The molecule has 1 atom stereocenters. The highest BCUT2D eigenvalue weighted by Gasteiger charge is 2.11. The summed E-state index contributed by atoms with van der Waals surface area (Å²) in [5, 5.41) is 13.1. The Morgan fingerprint density at radius 3 is 2.74 bits per heavy atom. The van der Waals surface area contributed by atoms with E-state index in [2.05, 4.69) is 26.2 Å². The number of para-hydroxylation sites is 1. The van der Waals surface area contributed by atoms with E-state index >= 15 is 0 Å². The third-order valence-electron chi connectivity index (χ3n) is 2.74. The van der Waals surface area contributed by atoms with Gasteiger partial charge in [-0.15, -0.1) is 0 Å². The van der Waals surface area contributed by atoms with Crippen molar-refractivity contribution >= 4 is 21.7 Å². The predicted molar refractivity (Wildman–Crippen MR) is 78.6 cm³/mol. The highest BCUT2D eigenvalue weighted by Crippen LogP contribution is 2.28. The van der Waals surface area contributed by atoms with Gasteiger partial charge in [0.05, 0.1) is 13.2 Å². The summed E-state index contributed by atoms with van der Waals surface area (Å²) >= 11 is 3.41. The minimum atomic E-state index is -0.0623. The molecule has 1 aromatic heterocycles. The number of rotatable bonds is 4. The first-order valence-electron chi connectivity index (χ1n) is 5.86. The molecule has 0 spiro atoms. The summed E-state index contributed by atoms with van der Waals surface area (Å²) in [4.78, 5) is 4.30. The summed E-state index contributed by atoms with van der Waals surface area (Å²) in [6, 6.07) is 10.8. The van der Waals surface area contributed by atoms with Crippen molar-refractivity contribution in [3.8, 4) is 11.6 Å². The maximum atomic E-state index is 9.82. The Morgan fingerprint density at radius 1 is 1.32 bits per heavy atom. The second-order valence-electron chi connectivity index (χ2n) is 4.14. The van der Waals surface area contributed by atoms with Crippen molar-refractivity contribution in [2.24, 2.45) is 0 Å². The zero-order valence-electron chi connectivity index (χ0n) is 10.7. The minimum absolute atomic E-state index is 0.0623. The number of phenols is 1. The lowest BCUT2D eigenvalue weighted by atomic mass is 10.1. The fourth-order valence-corrected chi connectivity index (χ4v) is 2.22. The van der Waals surface area contributed by atoms with Crippen LogP contribution in [0.25, 0.3) is 0 Å². The monoisotopic (exact) mass is 322 g/mol. The normalized spacial score (nSPS) is 11.9. The molecule has 1 aromatic carbocycles. The molecule has 4 nitrogen and oxygen atoms in total. The second-order valence-corrected chi connectivity index (χ2v) is 5.05. The van der Waals surface area contributed by atoms with Crippen LogP contribution in [0.4, 0.5) is 5.82 Å². The van der Waals surface area contributed by atoms with Gasteiger partial charge in [0.25, 0.3) is 0 Å². The first kappa shape index (κ1) is 13.7. The van der Waals surface area contributed by atoms with Crippen molar-refractivity contribution in [3.05, 3.63) is 46.4 Å². The largest absolute Gasteiger partial charge is 0.508 e. The molecule has 0 saturated carbocycles. The van der Waals surface area contributed by atoms with Gasteiger partial charge in [0.15, 0.2) is 0 Å². The molecule has 5 heteroatoms. The van der Waals surface area contributed by atoms with Gasteiger partial charge in [0.2, 0.25) is 5.88 Å². The number of nitrogens with zero attached hydrogens (tertiary/aromatic N) is 1. The lowest BCUT2D eigenvalue weighted by Gasteiger charge is -2.16. The Balaban J connectivity index is 2.21. The number of hydrogen-bond donors (Lipinski definition) is 2. The van der Waals surface area contributed by atoms with Crippen molar-refractivity contribution in [1.29, 1.82) is 0 Å². The zero-order valence-corrected chi connectivity index (χ0v) is 12.3. The highest BCUT2D eigenvalue weighted by atomic mass is 79.9. The number of phenolic OH excluding ortho intramolecular Hbond substituents is 1. The van der Waals surface area contributed by atoms with Crippen LogP contribution in [0.3, 0.4) is 0 Å². The number of pyridine rings is 1. The van der Waals surface area contributed by atoms with Gasteiger partial charge >= 0.3 is 0 Å². The summed E-state index contributed by atoms with van der Waals surface area (Å²) in [6.07, 6.45) is 0. The Hall–Kier alpha value is -1.75. The molecule has 2 N–H and O–H groups in total. The molecular weight excluding hydrogens is 308 g/mol. The lowest BCUT2D eigenvalue weighted by Crippen LogP contribution is -2.08. The fourth-order valence-electron chi connectivity index (χ4n) is 1.81. The summed E-state index contributed by atoms with van der Waals surface area (Å²) in [6.45, 7) is 1.96. The van der Waals surface area contributed by atoms with E-state index in [0.717, 1.165) is 10.0 Å². The second kappa shape index (κ2) is 5.93. The van der Waals surface area contributed by atoms with Crippen molar-refractivity contribution in [1.82, 2.24) is 4.98 Å². The SMILES string of the molecule is COc1cc(Br)cc(NC(C)c2ccccc2O)n1. The Kier molecular flexibility index (Phi) is 4.27. The molecule has 100 valence electrons. The molecule has 0 aliphatic carbocycles. The number of methoxy groups -OCH3 is 1. The predicted octanol–water partition coefficient (Wildman–Crippen LogP) is 3.73. The van der Waals surface area contributed by atoms with Crippen molar-refractivity contribution in [2.75, 3.05) is 12.4 Å². The van der Waals surface area contributed by atoms with Crippen LogP contribution in [0.5, 0.6) is 11.6 Å². The molecule has 0 aliphatic rings. The van der Waals surface area contributed by atoms with Gasteiger partial charge in [-0.3, -0.25) is 0 Å². The number of aromatic nitrogens is 1. The average molecular weight is 323 g/mol. The van der Waals surface area contributed by atoms with Crippen LogP contribution in [-0.2, 0) is 0 Å². The van der Waals surface area contributed by atoms with Crippen molar-refractivity contribution < 1.29 is 9.84 Å². The number of halogens is 1. The standard InChI is InChI=1S/C14H15BrN2O2/c1-9(11-5-3-4-6-12(11)18)16-13-7-10(15)8-14(17-13)19-2/h3-9,18H,1-2H3,(H,16,17). The first-order valence-corrected chi connectivity index (χ1v) is 6.65. The summed E-state index contributed by atoms with van der Waals surface area (Å²) in [7, 11) is 1.57. The van der Waals surface area contributed by atoms with Crippen LogP contribution < -0.4 is 10.1 Å². The summed E-state index contributed by atoms with van der Waals surface area (Å²) in [5.41, 5.74) is 0.822. The number of ether oxygens (including phenoxy) is 1. The maximum absolute atomic E-state index is 9.82. The number of nitrogens with one attached hydrogen (secondary N) is 1. The molecule has 0 radical (unpaired) electrons. The smallest absolute Gasteiger partial charge is 0.216 e. The van der Waals surface area contributed by atoms with Crippen LogP contribution in [0.2, 0.25) is 0 Å². The summed E-state index contributed by atoms with van der Waals surface area (Å²) < 4.78 is 6.00. The molecule has 0 amide bonds. The van der Waals surface area contributed by atoms with Gasteiger partial charge in [0, 0.05) is 16.1 Å². The van der Waals surface area contributed by atoms with Gasteiger partial charge in [-0.25, -0.2) is 0 Å². The van der Waals surface area contributed by atoms with E-state index < -0.39 is 0 Å². The van der Waals surface area contributed by atoms with Gasteiger partial charge in [0.1, 0.15) is 11.6 Å². The van der Waals surface area contributed by atoms with Gasteiger partial charge in [-0.2, -0.15) is 4.98 Å². The van der Waals surface area contributed by atoms with Crippen LogP contribution in [0.15, 0.2) is 40.9 Å². The van der Waals surface area contributed by atoms with E-state index in [4.69, 9.17) is 4.74 Å². The maximum Gasteiger partial charge on any atom is 0.216 e. The molecule has 0 aliphatic heterocycles. The number of hydrogen-bond acceptors (Lipinski definition) is 4. The highest BCUT2D eigenvalue weighted by molar-refractivity contribution is 9.10. The van der Waals surface area contributed by atoms with E-state index in [-0.39, 0.29) is 11.8 Å². The number of anilines is 1. The molecule has 2 aromatic rings. The van der Waals surface area contributed by atoms with Gasteiger partial charge in [-0.05, 0) is 19.1 Å². The molecule has 1 heterocycles. The van der Waals surface area contributed by atoms with Crippen molar-refractivity contribution in [3.63, 3.8) is 0 Å². The molecular formula is C14H15BrN2O2.